The highest BCUT2D eigenvalue weighted by molar-refractivity contribution is 7.14. The van der Waals surface area contributed by atoms with Gasteiger partial charge < -0.3 is 14.9 Å². The van der Waals surface area contributed by atoms with Gasteiger partial charge >= 0.3 is 0 Å². The standard InChI is InChI=1S/C12H10N2O3S/c1-8-7-11(14-17-8)13-12(16)10-5-4-9(18-10)3-2-6-15/h4-5,7,15H,6H2,1H3,(H,13,14,16). The number of carbonyl (C=O) groups excluding carboxylic acids is 1. The van der Waals surface area contributed by atoms with Gasteiger partial charge in [0.1, 0.15) is 12.4 Å². The fourth-order valence-corrected chi connectivity index (χ4v) is 2.03. The van der Waals surface area contributed by atoms with Gasteiger partial charge in [-0.05, 0) is 19.1 Å². The zero-order valence-corrected chi connectivity index (χ0v) is 10.4. The third kappa shape index (κ3) is 2.97. The summed E-state index contributed by atoms with van der Waals surface area (Å²) in [5.74, 6) is 6.02. The average molecular weight is 262 g/mol. The van der Waals surface area contributed by atoms with E-state index in [0.717, 1.165) is 4.88 Å². The molecule has 5 nitrogen and oxygen atoms in total. The summed E-state index contributed by atoms with van der Waals surface area (Å²) in [6.45, 7) is 1.55. The first-order valence-corrected chi connectivity index (χ1v) is 5.95. The van der Waals surface area contributed by atoms with Crippen molar-refractivity contribution in [3.05, 3.63) is 33.7 Å². The van der Waals surface area contributed by atoms with Crippen molar-refractivity contribution in [3.8, 4) is 11.8 Å². The molecule has 0 saturated carbocycles. The van der Waals surface area contributed by atoms with Crippen molar-refractivity contribution >= 4 is 23.1 Å². The lowest BCUT2D eigenvalue weighted by Gasteiger charge is -1.96. The Morgan fingerprint density at radius 3 is 3.11 bits per heavy atom. The van der Waals surface area contributed by atoms with E-state index in [0.29, 0.717) is 16.5 Å². The molecule has 0 saturated heterocycles. The Hall–Kier alpha value is -2.10. The molecule has 1 amide bonds. The quantitative estimate of drug-likeness (QED) is 0.807. The van der Waals surface area contributed by atoms with Gasteiger partial charge in [0.05, 0.1) is 9.75 Å². The monoisotopic (exact) mass is 262 g/mol. The first kappa shape index (κ1) is 12.4. The summed E-state index contributed by atoms with van der Waals surface area (Å²) in [5, 5.41) is 14.9. The van der Waals surface area contributed by atoms with Crippen molar-refractivity contribution in [3.63, 3.8) is 0 Å². The summed E-state index contributed by atoms with van der Waals surface area (Å²) >= 11 is 1.25. The molecule has 2 heterocycles. The van der Waals surface area contributed by atoms with Crippen LogP contribution in [0.1, 0.15) is 20.3 Å². The van der Waals surface area contributed by atoms with Crippen LogP contribution in [0.5, 0.6) is 0 Å². The number of aromatic nitrogens is 1. The Morgan fingerprint density at radius 2 is 2.44 bits per heavy atom. The number of aliphatic hydroxyl groups is 1. The maximum absolute atomic E-state index is 11.8. The molecule has 2 N–H and O–H groups in total. The average Bonchev–Trinajstić information content (AvgIpc) is 2.96. The zero-order valence-electron chi connectivity index (χ0n) is 9.56. The molecule has 0 unspecified atom stereocenters. The Labute approximate surface area is 107 Å². The highest BCUT2D eigenvalue weighted by Gasteiger charge is 2.10. The molecule has 6 heteroatoms. The van der Waals surface area contributed by atoms with E-state index in [-0.39, 0.29) is 12.5 Å². The summed E-state index contributed by atoms with van der Waals surface area (Å²) in [4.78, 5) is 13.1. The molecule has 2 aromatic heterocycles. The van der Waals surface area contributed by atoms with Gasteiger partial charge in [-0.3, -0.25) is 4.79 Å². The second-order valence-corrected chi connectivity index (χ2v) is 4.48. The van der Waals surface area contributed by atoms with Crippen molar-refractivity contribution in [2.24, 2.45) is 0 Å². The van der Waals surface area contributed by atoms with E-state index >= 15 is 0 Å². The molecule has 2 rings (SSSR count). The van der Waals surface area contributed by atoms with Crippen LogP contribution in [-0.4, -0.2) is 22.8 Å². The van der Waals surface area contributed by atoms with Crippen LogP contribution < -0.4 is 5.32 Å². The topological polar surface area (TPSA) is 75.4 Å². The van der Waals surface area contributed by atoms with Gasteiger partial charge in [0.2, 0.25) is 0 Å². The largest absolute Gasteiger partial charge is 0.384 e. The second kappa shape index (κ2) is 5.49. The zero-order chi connectivity index (χ0) is 13.0. The van der Waals surface area contributed by atoms with Crippen molar-refractivity contribution in [1.82, 2.24) is 5.16 Å². The van der Waals surface area contributed by atoms with Crippen LogP contribution in [0.4, 0.5) is 5.82 Å². The number of rotatable bonds is 2. The molecule has 0 aliphatic carbocycles. The molecule has 0 atom stereocenters. The van der Waals surface area contributed by atoms with Crippen LogP contribution in [0, 0.1) is 18.8 Å². The number of aryl methyl sites for hydroxylation is 1. The van der Waals surface area contributed by atoms with Crippen LogP contribution in [0.25, 0.3) is 0 Å². The number of amides is 1. The van der Waals surface area contributed by atoms with E-state index < -0.39 is 0 Å². The van der Waals surface area contributed by atoms with Gasteiger partial charge in [0, 0.05) is 6.07 Å². The van der Waals surface area contributed by atoms with Crippen molar-refractivity contribution in [2.75, 3.05) is 11.9 Å². The lowest BCUT2D eigenvalue weighted by atomic mass is 10.4. The minimum absolute atomic E-state index is 0.197. The minimum atomic E-state index is -0.259. The lowest BCUT2D eigenvalue weighted by Crippen LogP contribution is -2.10. The Balaban J connectivity index is 2.07. The van der Waals surface area contributed by atoms with Gasteiger partial charge in [0.25, 0.3) is 5.91 Å². The van der Waals surface area contributed by atoms with Crippen molar-refractivity contribution in [1.29, 1.82) is 0 Å². The molecule has 0 fully saturated rings. The number of nitrogens with zero attached hydrogens (tertiary/aromatic N) is 1. The third-order valence-corrected chi connectivity index (χ3v) is 2.99. The van der Waals surface area contributed by atoms with Gasteiger partial charge in [-0.25, -0.2) is 0 Å². The summed E-state index contributed by atoms with van der Waals surface area (Å²) < 4.78 is 4.85. The fraction of sp³-hybridized carbons (Fsp3) is 0.167. The van der Waals surface area contributed by atoms with E-state index in [1.807, 2.05) is 0 Å². The number of nitrogens with one attached hydrogen (secondary N) is 1. The molecule has 0 spiro atoms. The smallest absolute Gasteiger partial charge is 0.267 e. The second-order valence-electron chi connectivity index (χ2n) is 3.40. The predicted molar refractivity (Wildman–Crippen MR) is 67.5 cm³/mol. The van der Waals surface area contributed by atoms with Gasteiger partial charge in [-0.1, -0.05) is 17.0 Å². The Kier molecular flexibility index (Phi) is 3.77. The van der Waals surface area contributed by atoms with E-state index in [4.69, 9.17) is 9.63 Å². The van der Waals surface area contributed by atoms with Crippen LogP contribution in [0.2, 0.25) is 0 Å². The molecule has 0 aromatic carbocycles. The van der Waals surface area contributed by atoms with E-state index in [2.05, 4.69) is 22.3 Å². The molecule has 0 aliphatic rings. The van der Waals surface area contributed by atoms with E-state index in [9.17, 15) is 4.79 Å². The number of hydrogen-bond acceptors (Lipinski definition) is 5. The number of hydrogen-bond donors (Lipinski definition) is 2. The number of thiophene rings is 1. The first-order chi connectivity index (χ1) is 8.69. The Morgan fingerprint density at radius 1 is 1.61 bits per heavy atom. The van der Waals surface area contributed by atoms with Crippen LogP contribution in [0.15, 0.2) is 22.7 Å². The van der Waals surface area contributed by atoms with Gasteiger partial charge in [-0.15, -0.1) is 11.3 Å². The number of aliphatic hydroxyl groups excluding tert-OH is 1. The molecule has 92 valence electrons. The minimum Gasteiger partial charge on any atom is -0.384 e. The SMILES string of the molecule is Cc1cc(NC(=O)c2ccc(C#CCO)s2)no1. The highest BCUT2D eigenvalue weighted by atomic mass is 32.1. The van der Waals surface area contributed by atoms with E-state index in [1.165, 1.54) is 11.3 Å². The maximum Gasteiger partial charge on any atom is 0.267 e. The number of anilines is 1. The molecule has 18 heavy (non-hydrogen) atoms. The summed E-state index contributed by atoms with van der Waals surface area (Å²) in [6.07, 6.45) is 0. The van der Waals surface area contributed by atoms with Gasteiger partial charge in [-0.2, -0.15) is 0 Å². The van der Waals surface area contributed by atoms with Crippen LogP contribution in [0.3, 0.4) is 0 Å². The van der Waals surface area contributed by atoms with Crippen molar-refractivity contribution in [2.45, 2.75) is 6.92 Å². The lowest BCUT2D eigenvalue weighted by molar-refractivity contribution is 0.102. The maximum atomic E-state index is 11.8. The third-order valence-electron chi connectivity index (χ3n) is 1.99. The first-order valence-electron chi connectivity index (χ1n) is 5.13. The highest BCUT2D eigenvalue weighted by Crippen LogP contribution is 2.17. The van der Waals surface area contributed by atoms with Crippen molar-refractivity contribution < 1.29 is 14.4 Å². The van der Waals surface area contributed by atoms with E-state index in [1.54, 1.807) is 25.1 Å². The predicted octanol–water partition coefficient (Wildman–Crippen LogP) is 1.64. The van der Waals surface area contributed by atoms with Crippen LogP contribution in [-0.2, 0) is 0 Å². The Bertz CT molecular complexity index is 619. The summed E-state index contributed by atoms with van der Waals surface area (Å²) in [6, 6.07) is 5.04. The molecular formula is C12H10N2O3S. The van der Waals surface area contributed by atoms with Crippen LogP contribution >= 0.6 is 11.3 Å². The molecule has 2 aromatic rings. The van der Waals surface area contributed by atoms with Gasteiger partial charge in [0.15, 0.2) is 5.82 Å². The molecule has 0 aliphatic heterocycles. The summed E-state index contributed by atoms with van der Waals surface area (Å²) in [7, 11) is 0. The fourth-order valence-electron chi connectivity index (χ4n) is 1.26. The molecule has 0 bridgehead atoms. The normalized spacial score (nSPS) is 9.67. The molecule has 0 radical (unpaired) electrons. The number of carbonyl (C=O) groups is 1. The summed E-state index contributed by atoms with van der Waals surface area (Å²) in [5.41, 5.74) is 0. The molecular weight excluding hydrogens is 252 g/mol.